The van der Waals surface area contributed by atoms with E-state index in [-0.39, 0.29) is 11.4 Å². The lowest BCUT2D eigenvalue weighted by Crippen LogP contribution is -2.48. The first-order valence-electron chi connectivity index (χ1n) is 6.61. The minimum atomic E-state index is -0.0408. The van der Waals surface area contributed by atoms with Crippen LogP contribution in [0.25, 0.3) is 0 Å². The molecule has 0 aliphatic carbocycles. The number of aromatic nitrogens is 1. The molecule has 0 bridgehead atoms. The number of nitrogens with one attached hydrogen (secondary N) is 1. The van der Waals surface area contributed by atoms with Gasteiger partial charge in [0.1, 0.15) is 0 Å². The fourth-order valence-corrected chi connectivity index (χ4v) is 2.20. The number of thiazole rings is 1. The lowest BCUT2D eigenvalue weighted by atomic mass is 10.0. The van der Waals surface area contributed by atoms with Crippen LogP contribution >= 0.6 is 11.3 Å². The fraction of sp³-hybridized carbons (Fsp3) is 0.714. The Morgan fingerprint density at radius 3 is 2.58 bits per heavy atom. The molecule has 1 N–H and O–H groups in total. The van der Waals surface area contributed by atoms with E-state index in [1.165, 1.54) is 0 Å². The summed E-state index contributed by atoms with van der Waals surface area (Å²) in [5, 5.41) is 6.05. The third-order valence-corrected chi connectivity index (χ3v) is 4.53. The molecule has 1 rings (SSSR count). The van der Waals surface area contributed by atoms with Gasteiger partial charge in [-0.3, -0.25) is 4.79 Å². The molecule has 4 nitrogen and oxygen atoms in total. The van der Waals surface area contributed by atoms with E-state index >= 15 is 0 Å². The molecular weight excluding hydrogens is 258 g/mol. The molecule has 0 fully saturated rings. The van der Waals surface area contributed by atoms with Gasteiger partial charge >= 0.3 is 0 Å². The third kappa shape index (κ3) is 4.91. The van der Waals surface area contributed by atoms with Gasteiger partial charge in [-0.25, -0.2) is 4.98 Å². The van der Waals surface area contributed by atoms with Gasteiger partial charge in [0.15, 0.2) is 0 Å². The van der Waals surface area contributed by atoms with E-state index in [2.05, 4.69) is 42.9 Å². The predicted molar refractivity (Wildman–Crippen MR) is 80.7 cm³/mol. The Hall–Kier alpha value is -0.940. The van der Waals surface area contributed by atoms with Crippen molar-refractivity contribution >= 4 is 17.2 Å². The van der Waals surface area contributed by atoms with E-state index < -0.39 is 0 Å². The molecule has 1 heterocycles. The topological polar surface area (TPSA) is 45.2 Å². The lowest BCUT2D eigenvalue weighted by Gasteiger charge is -2.32. The molecule has 0 aliphatic rings. The van der Waals surface area contributed by atoms with Crippen molar-refractivity contribution in [2.45, 2.75) is 45.6 Å². The second kappa shape index (κ2) is 6.48. The quantitative estimate of drug-likeness (QED) is 0.871. The number of carbonyl (C=O) groups excluding carboxylic acids is 1. The number of amides is 1. The molecule has 0 aliphatic heterocycles. The highest BCUT2D eigenvalue weighted by Crippen LogP contribution is 2.19. The van der Waals surface area contributed by atoms with Crippen molar-refractivity contribution in [2.24, 2.45) is 0 Å². The average molecular weight is 283 g/mol. The maximum atomic E-state index is 11.9. The Balaban J connectivity index is 2.47. The second-order valence-corrected chi connectivity index (χ2v) is 6.88. The zero-order chi connectivity index (χ0) is 14.6. The lowest BCUT2D eigenvalue weighted by molar-refractivity contribution is -0.121. The highest BCUT2D eigenvalue weighted by molar-refractivity contribution is 7.09. The summed E-state index contributed by atoms with van der Waals surface area (Å²) < 4.78 is 0. The highest BCUT2D eigenvalue weighted by Gasteiger charge is 2.21. The minimum absolute atomic E-state index is 0.0375. The van der Waals surface area contributed by atoms with Gasteiger partial charge in [0, 0.05) is 23.4 Å². The number of carbonyl (C=O) groups is 1. The first-order chi connectivity index (χ1) is 8.72. The van der Waals surface area contributed by atoms with Crippen LogP contribution in [0.1, 0.15) is 44.3 Å². The average Bonchev–Trinajstić information content (AvgIpc) is 2.75. The van der Waals surface area contributed by atoms with E-state index in [0.717, 1.165) is 10.7 Å². The van der Waals surface area contributed by atoms with Crippen molar-refractivity contribution in [1.82, 2.24) is 15.2 Å². The van der Waals surface area contributed by atoms with Gasteiger partial charge in [-0.1, -0.05) is 13.8 Å². The van der Waals surface area contributed by atoms with Gasteiger partial charge in [0.05, 0.1) is 17.1 Å². The van der Waals surface area contributed by atoms with Crippen LogP contribution in [0.15, 0.2) is 5.38 Å². The van der Waals surface area contributed by atoms with Crippen LogP contribution in [0.2, 0.25) is 0 Å². The van der Waals surface area contributed by atoms with Crippen molar-refractivity contribution in [3.05, 3.63) is 16.1 Å². The maximum absolute atomic E-state index is 11.9. The first kappa shape index (κ1) is 16.1. The Morgan fingerprint density at radius 1 is 1.47 bits per heavy atom. The molecule has 0 saturated heterocycles. The van der Waals surface area contributed by atoms with Crippen LogP contribution in [0.5, 0.6) is 0 Å². The van der Waals surface area contributed by atoms with Crippen LogP contribution in [0.4, 0.5) is 0 Å². The Bertz CT molecular complexity index is 424. The molecule has 5 heteroatoms. The molecule has 19 heavy (non-hydrogen) atoms. The van der Waals surface area contributed by atoms with Gasteiger partial charge in [-0.05, 0) is 27.9 Å². The molecule has 108 valence electrons. The van der Waals surface area contributed by atoms with Crippen molar-refractivity contribution in [2.75, 3.05) is 20.6 Å². The fourth-order valence-electron chi connectivity index (χ4n) is 1.37. The van der Waals surface area contributed by atoms with E-state index in [4.69, 9.17) is 0 Å². The standard InChI is InChI=1S/C14H25N3OS/c1-10(2)13-16-11(8-19-13)7-12(18)15-9-14(3,4)17(5)6/h8,10H,7,9H2,1-6H3,(H,15,18). The highest BCUT2D eigenvalue weighted by atomic mass is 32.1. The number of rotatable bonds is 6. The van der Waals surface area contributed by atoms with Crippen LogP contribution < -0.4 is 5.32 Å². The number of hydrogen-bond acceptors (Lipinski definition) is 4. The molecule has 0 aromatic carbocycles. The van der Waals surface area contributed by atoms with Gasteiger partial charge in [0.2, 0.25) is 5.91 Å². The van der Waals surface area contributed by atoms with E-state index in [1.807, 2.05) is 19.5 Å². The Labute approximate surface area is 120 Å². The summed E-state index contributed by atoms with van der Waals surface area (Å²) in [7, 11) is 4.03. The maximum Gasteiger partial charge on any atom is 0.226 e. The molecule has 0 radical (unpaired) electrons. The SMILES string of the molecule is CC(C)c1nc(CC(=O)NCC(C)(C)N(C)C)cs1. The Morgan fingerprint density at radius 2 is 2.11 bits per heavy atom. The van der Waals surface area contributed by atoms with Gasteiger partial charge < -0.3 is 10.2 Å². The molecule has 0 atom stereocenters. The van der Waals surface area contributed by atoms with Crippen molar-refractivity contribution in [3.8, 4) is 0 Å². The van der Waals surface area contributed by atoms with E-state index in [1.54, 1.807) is 11.3 Å². The van der Waals surface area contributed by atoms with Crippen LogP contribution in [0.3, 0.4) is 0 Å². The van der Waals surface area contributed by atoms with E-state index in [0.29, 0.717) is 18.9 Å². The summed E-state index contributed by atoms with van der Waals surface area (Å²) in [4.78, 5) is 18.5. The van der Waals surface area contributed by atoms with E-state index in [9.17, 15) is 4.79 Å². The molecule has 1 aromatic rings. The molecule has 0 spiro atoms. The smallest absolute Gasteiger partial charge is 0.226 e. The van der Waals surface area contributed by atoms with Crippen molar-refractivity contribution in [3.63, 3.8) is 0 Å². The zero-order valence-corrected chi connectivity index (χ0v) is 13.6. The summed E-state index contributed by atoms with van der Waals surface area (Å²) >= 11 is 1.63. The summed E-state index contributed by atoms with van der Waals surface area (Å²) in [6, 6.07) is 0. The third-order valence-electron chi connectivity index (χ3n) is 3.33. The summed E-state index contributed by atoms with van der Waals surface area (Å²) in [6.07, 6.45) is 0.368. The minimum Gasteiger partial charge on any atom is -0.354 e. The summed E-state index contributed by atoms with van der Waals surface area (Å²) in [5.41, 5.74) is 0.828. The molecule has 0 unspecified atom stereocenters. The van der Waals surface area contributed by atoms with Gasteiger partial charge in [0.25, 0.3) is 0 Å². The van der Waals surface area contributed by atoms with Gasteiger partial charge in [-0.15, -0.1) is 11.3 Å². The first-order valence-corrected chi connectivity index (χ1v) is 7.49. The molecule has 1 amide bonds. The van der Waals surface area contributed by atoms with Crippen LogP contribution in [-0.4, -0.2) is 42.0 Å². The second-order valence-electron chi connectivity index (χ2n) is 5.99. The zero-order valence-electron chi connectivity index (χ0n) is 12.8. The van der Waals surface area contributed by atoms with Crippen molar-refractivity contribution < 1.29 is 4.79 Å². The number of hydrogen-bond donors (Lipinski definition) is 1. The summed E-state index contributed by atoms with van der Waals surface area (Å²) in [5.74, 6) is 0.463. The molecule has 1 aromatic heterocycles. The van der Waals surface area contributed by atoms with Crippen LogP contribution in [0, 0.1) is 0 Å². The van der Waals surface area contributed by atoms with Gasteiger partial charge in [-0.2, -0.15) is 0 Å². The monoisotopic (exact) mass is 283 g/mol. The summed E-state index contributed by atoms with van der Waals surface area (Å²) in [6.45, 7) is 9.07. The van der Waals surface area contributed by atoms with Crippen LogP contribution in [-0.2, 0) is 11.2 Å². The molecular formula is C14H25N3OS. The Kier molecular flexibility index (Phi) is 5.50. The predicted octanol–water partition coefficient (Wildman–Crippen LogP) is 2.27. The number of likely N-dealkylation sites (N-methyl/N-ethyl adjacent to an activating group) is 1. The number of nitrogens with zero attached hydrogens (tertiary/aromatic N) is 2. The van der Waals surface area contributed by atoms with Crippen molar-refractivity contribution in [1.29, 1.82) is 0 Å². The largest absolute Gasteiger partial charge is 0.354 e. The molecule has 0 saturated carbocycles. The normalized spacial score (nSPS) is 12.2.